The van der Waals surface area contributed by atoms with Gasteiger partial charge in [0.25, 0.3) is 0 Å². The maximum absolute atomic E-state index is 5.11. The molecule has 158 valence electrons. The Morgan fingerprint density at radius 3 is 1.55 bits per heavy atom. The van der Waals surface area contributed by atoms with Crippen molar-refractivity contribution < 1.29 is 16.5 Å². The fraction of sp³-hybridized carbons (Fsp3) is 0.417. The van der Waals surface area contributed by atoms with Gasteiger partial charge < -0.3 is 10.6 Å². The molecule has 1 fully saturated rings. The monoisotopic (exact) mass is 434 g/mol. The van der Waals surface area contributed by atoms with Crippen molar-refractivity contribution in [3.63, 3.8) is 0 Å². The fourth-order valence-corrected chi connectivity index (χ4v) is 3.56. The average Bonchev–Trinajstić information content (AvgIpc) is 2.66. The molecule has 0 aromatic heterocycles. The van der Waals surface area contributed by atoms with Crippen molar-refractivity contribution in [2.24, 2.45) is 9.98 Å². The van der Waals surface area contributed by atoms with Gasteiger partial charge in [-0.1, -0.05) is 64.1 Å². The molecule has 2 N–H and O–H groups in total. The summed E-state index contributed by atoms with van der Waals surface area (Å²) in [7, 11) is 0. The van der Waals surface area contributed by atoms with E-state index in [9.17, 15) is 0 Å². The van der Waals surface area contributed by atoms with Crippen LogP contribution in [0.2, 0.25) is 0 Å². The molecule has 0 bridgehead atoms. The molecule has 0 radical (unpaired) electrons. The number of amidine groups is 2. The third-order valence-electron chi connectivity index (χ3n) is 5.16. The third kappa shape index (κ3) is 5.27. The Kier molecular flexibility index (Phi) is 8.04. The van der Waals surface area contributed by atoms with Crippen LogP contribution in [0.15, 0.2) is 46.4 Å². The summed E-state index contributed by atoms with van der Waals surface area (Å²) in [6.07, 6.45) is 0. The zero-order valence-corrected chi connectivity index (χ0v) is 19.2. The van der Waals surface area contributed by atoms with Crippen LogP contribution in [-0.4, -0.2) is 24.8 Å². The van der Waals surface area contributed by atoms with Crippen molar-refractivity contribution in [3.8, 4) is 0 Å². The standard InChI is InChI=1S/C24H32N4.Ni/c1-15(2)19-11-8-12-20(16(3)4)22(19)28-24-23(25-13-14-26-24)27-21-17(5)9-7-10-18(21)6;/h7-12,15-16H,13-14H2,1-6H3,(H,25,27)(H,26,28);. The second-order valence-electron chi connectivity index (χ2n) is 8.11. The molecule has 1 aliphatic rings. The number of para-hydroxylation sites is 2. The summed E-state index contributed by atoms with van der Waals surface area (Å²) in [6, 6.07) is 12.8. The van der Waals surface area contributed by atoms with E-state index in [0.717, 1.165) is 36.1 Å². The van der Waals surface area contributed by atoms with Crippen LogP contribution in [0.4, 0.5) is 11.4 Å². The van der Waals surface area contributed by atoms with Crippen LogP contribution < -0.4 is 10.6 Å². The first-order chi connectivity index (χ1) is 13.4. The van der Waals surface area contributed by atoms with Crippen LogP contribution in [0.1, 0.15) is 61.8 Å². The zero-order valence-electron chi connectivity index (χ0n) is 18.2. The van der Waals surface area contributed by atoms with Crippen molar-refractivity contribution in [2.45, 2.75) is 53.4 Å². The zero-order chi connectivity index (χ0) is 20.3. The molecule has 3 rings (SSSR count). The van der Waals surface area contributed by atoms with E-state index in [1.165, 1.54) is 22.3 Å². The molecule has 2 aromatic rings. The molecule has 29 heavy (non-hydrogen) atoms. The molecular weight excluding hydrogens is 403 g/mol. The molecule has 0 saturated carbocycles. The van der Waals surface area contributed by atoms with Crippen molar-refractivity contribution in [1.29, 1.82) is 0 Å². The van der Waals surface area contributed by atoms with Gasteiger partial charge in [0.05, 0.1) is 11.4 Å². The molecule has 2 aromatic carbocycles. The second-order valence-corrected chi connectivity index (χ2v) is 8.11. The summed E-state index contributed by atoms with van der Waals surface area (Å²) in [6.45, 7) is 14.8. The number of hydrogen-bond donors (Lipinski definition) is 2. The third-order valence-corrected chi connectivity index (χ3v) is 5.16. The Morgan fingerprint density at radius 1 is 0.690 bits per heavy atom. The topological polar surface area (TPSA) is 48.8 Å². The smallest absolute Gasteiger partial charge is 0.169 e. The Labute approximate surface area is 185 Å². The van der Waals surface area contributed by atoms with Crippen LogP contribution in [0, 0.1) is 13.8 Å². The predicted octanol–water partition coefficient (Wildman–Crippen LogP) is 5.50. The van der Waals surface area contributed by atoms with Gasteiger partial charge >= 0.3 is 0 Å². The quantitative estimate of drug-likeness (QED) is 0.624. The summed E-state index contributed by atoms with van der Waals surface area (Å²) < 4.78 is 0. The maximum Gasteiger partial charge on any atom is 0.169 e. The van der Waals surface area contributed by atoms with Crippen LogP contribution >= 0.6 is 0 Å². The molecule has 0 aliphatic carbocycles. The van der Waals surface area contributed by atoms with E-state index in [0.29, 0.717) is 11.8 Å². The number of aliphatic imine (C=N–C) groups is 2. The molecule has 0 unspecified atom stereocenters. The number of hydrogen-bond acceptors (Lipinski definition) is 2. The van der Waals surface area contributed by atoms with E-state index in [1.54, 1.807) is 0 Å². The van der Waals surface area contributed by atoms with Gasteiger partial charge in [-0.15, -0.1) is 0 Å². The minimum atomic E-state index is 0. The Hall–Kier alpha value is -2.13. The molecule has 0 amide bonds. The minimum absolute atomic E-state index is 0. The summed E-state index contributed by atoms with van der Waals surface area (Å²) in [4.78, 5) is 10.1. The van der Waals surface area contributed by atoms with E-state index in [-0.39, 0.29) is 16.5 Å². The second kappa shape index (κ2) is 10.1. The number of benzene rings is 2. The normalized spacial score (nSPS) is 16.7. The molecular formula is C24H32N4Ni. The average molecular weight is 435 g/mol. The Morgan fingerprint density at radius 2 is 1.10 bits per heavy atom. The van der Waals surface area contributed by atoms with Gasteiger partial charge in [-0.3, -0.25) is 0 Å². The van der Waals surface area contributed by atoms with Crippen molar-refractivity contribution in [1.82, 2.24) is 10.6 Å². The number of piperazine rings is 1. The Balaban J connectivity index is 0.00000300. The summed E-state index contributed by atoms with van der Waals surface area (Å²) in [5.41, 5.74) is 6.99. The van der Waals surface area contributed by atoms with Crippen molar-refractivity contribution in [2.75, 3.05) is 13.1 Å². The Bertz CT molecular complexity index is 867. The van der Waals surface area contributed by atoms with Gasteiger partial charge in [0.1, 0.15) is 0 Å². The van der Waals surface area contributed by atoms with Crippen LogP contribution in [0.3, 0.4) is 0 Å². The minimum Gasteiger partial charge on any atom is -0.365 e. The van der Waals surface area contributed by atoms with E-state index < -0.39 is 0 Å². The predicted molar refractivity (Wildman–Crippen MR) is 121 cm³/mol. The molecule has 0 spiro atoms. The van der Waals surface area contributed by atoms with Gasteiger partial charge in [0.2, 0.25) is 0 Å². The summed E-state index contributed by atoms with van der Waals surface area (Å²) >= 11 is 0. The first-order valence-electron chi connectivity index (χ1n) is 10.2. The fourth-order valence-electron chi connectivity index (χ4n) is 3.56. The SMILES string of the molecule is Cc1cccc(C)c1N=C1NCCNC1=Nc1c(C(C)C)cccc1C(C)C.[Ni]. The number of rotatable bonds is 4. The van der Waals surface area contributed by atoms with E-state index >= 15 is 0 Å². The first-order valence-corrected chi connectivity index (χ1v) is 10.2. The van der Waals surface area contributed by atoms with E-state index in [1.807, 2.05) is 0 Å². The van der Waals surface area contributed by atoms with Gasteiger partial charge in [-0.25, -0.2) is 9.98 Å². The molecule has 1 heterocycles. The summed E-state index contributed by atoms with van der Waals surface area (Å²) in [5.74, 6) is 2.46. The molecule has 4 nitrogen and oxygen atoms in total. The molecule has 5 heteroatoms. The summed E-state index contributed by atoms with van der Waals surface area (Å²) in [5, 5.41) is 6.91. The largest absolute Gasteiger partial charge is 0.365 e. The first kappa shape index (κ1) is 23.2. The van der Waals surface area contributed by atoms with Gasteiger partial charge in [0, 0.05) is 29.6 Å². The number of nitrogens with zero attached hydrogens (tertiary/aromatic N) is 2. The van der Waals surface area contributed by atoms with Crippen LogP contribution in [0.25, 0.3) is 0 Å². The number of nitrogens with one attached hydrogen (secondary N) is 2. The molecule has 1 saturated heterocycles. The molecule has 1 aliphatic heterocycles. The molecule has 0 atom stereocenters. The van der Waals surface area contributed by atoms with Crippen molar-refractivity contribution >= 4 is 23.0 Å². The van der Waals surface area contributed by atoms with E-state index in [4.69, 9.17) is 9.98 Å². The number of aryl methyl sites for hydroxylation is 2. The maximum atomic E-state index is 5.11. The van der Waals surface area contributed by atoms with Gasteiger partial charge in [-0.2, -0.15) is 0 Å². The van der Waals surface area contributed by atoms with Crippen LogP contribution in [0.5, 0.6) is 0 Å². The van der Waals surface area contributed by atoms with E-state index in [2.05, 4.69) is 88.6 Å². The van der Waals surface area contributed by atoms with Gasteiger partial charge in [0.15, 0.2) is 11.7 Å². The van der Waals surface area contributed by atoms with Gasteiger partial charge in [-0.05, 0) is 47.9 Å². The van der Waals surface area contributed by atoms with Crippen LogP contribution in [-0.2, 0) is 16.5 Å². The van der Waals surface area contributed by atoms with Crippen molar-refractivity contribution in [3.05, 3.63) is 58.7 Å².